The Kier molecular flexibility index (Phi) is 6.46. The number of aromatic nitrogens is 2. The number of nitrogens with zero attached hydrogens (tertiary/aromatic N) is 2. The largest absolute Gasteiger partial charge is 0.497 e. The predicted molar refractivity (Wildman–Crippen MR) is 125 cm³/mol. The normalized spacial score (nSPS) is 9.69. The number of pyridine rings is 2. The molecule has 2 heterocycles. The highest BCUT2D eigenvalue weighted by Crippen LogP contribution is 2.22. The van der Waals surface area contributed by atoms with E-state index in [-0.39, 0.29) is 0 Å². The number of hydrogen-bond acceptors (Lipinski definition) is 4. The van der Waals surface area contributed by atoms with Crippen molar-refractivity contribution < 1.29 is 9.47 Å². The summed E-state index contributed by atoms with van der Waals surface area (Å²) >= 11 is 0. The highest BCUT2D eigenvalue weighted by atomic mass is 16.5. The van der Waals surface area contributed by atoms with E-state index in [9.17, 15) is 0 Å². The summed E-state index contributed by atoms with van der Waals surface area (Å²) in [5, 5.41) is 0. The molecule has 0 amide bonds. The van der Waals surface area contributed by atoms with Gasteiger partial charge in [0.25, 0.3) is 0 Å². The van der Waals surface area contributed by atoms with Gasteiger partial charge in [0.05, 0.1) is 25.6 Å². The molecule has 0 unspecified atom stereocenters. The third-order valence-electron chi connectivity index (χ3n) is 4.62. The fraction of sp³-hybridized carbons (Fsp3) is 0.0714. The van der Waals surface area contributed by atoms with E-state index in [1.54, 1.807) is 26.6 Å². The maximum atomic E-state index is 5.28. The van der Waals surface area contributed by atoms with E-state index in [4.69, 9.17) is 9.47 Å². The van der Waals surface area contributed by atoms with Gasteiger partial charge < -0.3 is 9.47 Å². The summed E-state index contributed by atoms with van der Waals surface area (Å²) in [7, 11) is 3.23. The molecule has 2 aromatic carbocycles. The van der Waals surface area contributed by atoms with Crippen LogP contribution in [0.25, 0.3) is 11.4 Å². The van der Waals surface area contributed by atoms with Crippen molar-refractivity contribution in [3.05, 3.63) is 107 Å². The summed E-state index contributed by atoms with van der Waals surface area (Å²) in [6.07, 6.45) is 3.50. The standard InChI is InChI=1S/C28H20N2O2/c1-31-25-16-24(17-26(18-25)32-2)11-10-23-13-15-28(30-20-23)27-14-12-22(19-29-27)9-8-21-6-4-3-5-7-21/h3-7,12-20H,1-2H3. The van der Waals surface area contributed by atoms with Crippen LogP contribution in [-0.4, -0.2) is 24.2 Å². The Morgan fingerprint density at radius 1 is 0.531 bits per heavy atom. The molecule has 2 aromatic heterocycles. The zero-order chi connectivity index (χ0) is 22.2. The van der Waals surface area contributed by atoms with Crippen LogP contribution in [0, 0.1) is 23.7 Å². The van der Waals surface area contributed by atoms with E-state index in [0.717, 1.165) is 33.6 Å². The summed E-state index contributed by atoms with van der Waals surface area (Å²) in [5.74, 6) is 13.9. The van der Waals surface area contributed by atoms with Gasteiger partial charge in [-0.3, -0.25) is 9.97 Å². The number of methoxy groups -OCH3 is 2. The topological polar surface area (TPSA) is 44.2 Å². The maximum absolute atomic E-state index is 5.28. The minimum Gasteiger partial charge on any atom is -0.497 e. The Balaban J connectivity index is 1.48. The van der Waals surface area contributed by atoms with Crippen LogP contribution in [0.2, 0.25) is 0 Å². The molecule has 0 atom stereocenters. The predicted octanol–water partition coefficient (Wildman–Crippen LogP) is 4.96. The van der Waals surface area contributed by atoms with Crippen molar-refractivity contribution in [3.8, 4) is 46.6 Å². The van der Waals surface area contributed by atoms with Gasteiger partial charge in [-0.15, -0.1) is 0 Å². The lowest BCUT2D eigenvalue weighted by molar-refractivity contribution is 0.394. The second kappa shape index (κ2) is 9.98. The van der Waals surface area contributed by atoms with Crippen LogP contribution in [0.4, 0.5) is 0 Å². The second-order valence-corrected chi connectivity index (χ2v) is 6.83. The average molecular weight is 416 g/mol. The fourth-order valence-corrected chi connectivity index (χ4v) is 2.93. The first kappa shape index (κ1) is 20.7. The lowest BCUT2D eigenvalue weighted by atomic mass is 10.1. The van der Waals surface area contributed by atoms with Crippen molar-refractivity contribution in [2.24, 2.45) is 0 Å². The van der Waals surface area contributed by atoms with Gasteiger partial charge >= 0.3 is 0 Å². The van der Waals surface area contributed by atoms with Crippen LogP contribution in [0.5, 0.6) is 11.5 Å². The number of benzene rings is 2. The summed E-state index contributed by atoms with van der Waals surface area (Å²) < 4.78 is 10.6. The van der Waals surface area contributed by atoms with Crippen molar-refractivity contribution in [2.45, 2.75) is 0 Å². The minimum atomic E-state index is 0.699. The average Bonchev–Trinajstić information content (AvgIpc) is 2.87. The van der Waals surface area contributed by atoms with Crippen molar-refractivity contribution in [3.63, 3.8) is 0 Å². The van der Waals surface area contributed by atoms with Crippen LogP contribution >= 0.6 is 0 Å². The van der Waals surface area contributed by atoms with Crippen molar-refractivity contribution in [1.82, 2.24) is 9.97 Å². The lowest BCUT2D eigenvalue weighted by Gasteiger charge is -2.04. The summed E-state index contributed by atoms with van der Waals surface area (Å²) in [5.41, 5.74) is 5.00. The quantitative estimate of drug-likeness (QED) is 0.443. The Labute approximate surface area is 187 Å². The highest BCUT2D eigenvalue weighted by Gasteiger charge is 2.02. The van der Waals surface area contributed by atoms with Gasteiger partial charge in [0.2, 0.25) is 0 Å². The highest BCUT2D eigenvalue weighted by molar-refractivity contribution is 5.57. The summed E-state index contributed by atoms with van der Waals surface area (Å²) in [6, 6.07) is 23.1. The molecule has 0 spiro atoms. The van der Waals surface area contributed by atoms with Gasteiger partial charge in [0, 0.05) is 40.7 Å². The first-order chi connectivity index (χ1) is 15.7. The fourth-order valence-electron chi connectivity index (χ4n) is 2.93. The number of hydrogen-bond donors (Lipinski definition) is 0. The van der Waals surface area contributed by atoms with Gasteiger partial charge in [0.1, 0.15) is 11.5 Å². The first-order valence-electron chi connectivity index (χ1n) is 9.98. The van der Waals surface area contributed by atoms with Crippen LogP contribution in [0.3, 0.4) is 0 Å². The third kappa shape index (κ3) is 5.33. The SMILES string of the molecule is COc1cc(C#Cc2ccc(-c3ccc(C#Cc4ccccc4)cn3)nc2)cc(OC)c1. The Hall–Kier alpha value is -4.54. The number of rotatable bonds is 3. The molecule has 4 heteroatoms. The molecule has 0 N–H and O–H groups in total. The lowest BCUT2D eigenvalue weighted by Crippen LogP contribution is -1.90. The van der Waals surface area contributed by atoms with Crippen LogP contribution in [0.15, 0.2) is 85.2 Å². The molecule has 4 nitrogen and oxygen atoms in total. The van der Waals surface area contributed by atoms with Crippen LogP contribution in [-0.2, 0) is 0 Å². The van der Waals surface area contributed by atoms with Crippen molar-refractivity contribution in [1.29, 1.82) is 0 Å². The third-order valence-corrected chi connectivity index (χ3v) is 4.62. The van der Waals surface area contributed by atoms with E-state index in [1.807, 2.05) is 72.8 Å². The smallest absolute Gasteiger partial charge is 0.123 e. The number of ether oxygens (including phenoxy) is 2. The summed E-state index contributed by atoms with van der Waals surface area (Å²) in [6.45, 7) is 0. The molecule has 0 aliphatic carbocycles. The molecule has 0 fully saturated rings. The van der Waals surface area contributed by atoms with Crippen molar-refractivity contribution in [2.75, 3.05) is 14.2 Å². The Bertz CT molecular complexity index is 1300. The zero-order valence-electron chi connectivity index (χ0n) is 17.8. The molecular formula is C28H20N2O2. The molecule has 4 rings (SSSR count). The van der Waals surface area contributed by atoms with Gasteiger partial charge in [-0.25, -0.2) is 0 Å². The molecule has 154 valence electrons. The zero-order valence-corrected chi connectivity index (χ0v) is 17.8. The van der Waals surface area contributed by atoms with E-state index in [2.05, 4.69) is 33.6 Å². The molecule has 0 bridgehead atoms. The van der Waals surface area contributed by atoms with E-state index < -0.39 is 0 Å². The Morgan fingerprint density at radius 3 is 1.50 bits per heavy atom. The van der Waals surface area contributed by atoms with E-state index in [1.165, 1.54) is 0 Å². The first-order valence-corrected chi connectivity index (χ1v) is 9.98. The molecule has 0 radical (unpaired) electrons. The van der Waals surface area contributed by atoms with Crippen LogP contribution in [0.1, 0.15) is 22.3 Å². The van der Waals surface area contributed by atoms with E-state index in [0.29, 0.717) is 11.5 Å². The van der Waals surface area contributed by atoms with Gasteiger partial charge in [-0.1, -0.05) is 41.9 Å². The maximum Gasteiger partial charge on any atom is 0.123 e. The molecular weight excluding hydrogens is 396 g/mol. The molecule has 0 aliphatic rings. The minimum absolute atomic E-state index is 0.699. The molecule has 0 saturated heterocycles. The molecule has 0 saturated carbocycles. The van der Waals surface area contributed by atoms with Crippen LogP contribution < -0.4 is 9.47 Å². The van der Waals surface area contributed by atoms with Gasteiger partial charge in [-0.05, 0) is 48.5 Å². The van der Waals surface area contributed by atoms with E-state index >= 15 is 0 Å². The molecule has 32 heavy (non-hydrogen) atoms. The summed E-state index contributed by atoms with van der Waals surface area (Å²) in [4.78, 5) is 9.00. The van der Waals surface area contributed by atoms with Crippen molar-refractivity contribution >= 4 is 0 Å². The van der Waals surface area contributed by atoms with Gasteiger partial charge in [-0.2, -0.15) is 0 Å². The monoisotopic (exact) mass is 416 g/mol. The second-order valence-electron chi connectivity index (χ2n) is 6.83. The molecule has 0 aliphatic heterocycles. The van der Waals surface area contributed by atoms with Gasteiger partial charge in [0.15, 0.2) is 0 Å². The molecule has 4 aromatic rings. The Morgan fingerprint density at radius 2 is 1.03 bits per heavy atom.